The maximum absolute atomic E-state index is 12.3. The molecule has 1 atom stereocenters. The van der Waals surface area contributed by atoms with E-state index >= 15 is 0 Å². The van der Waals surface area contributed by atoms with Gasteiger partial charge in [0, 0.05) is 17.5 Å². The van der Waals surface area contributed by atoms with Crippen LogP contribution in [0.3, 0.4) is 0 Å². The zero-order valence-corrected chi connectivity index (χ0v) is 13.2. The zero-order chi connectivity index (χ0) is 15.0. The van der Waals surface area contributed by atoms with E-state index in [-0.39, 0.29) is 18.1 Å². The van der Waals surface area contributed by atoms with Crippen LogP contribution in [0.25, 0.3) is 0 Å². The van der Waals surface area contributed by atoms with Crippen molar-refractivity contribution in [1.82, 2.24) is 19.7 Å². The number of carbonyl (C=O) groups excluding carboxylic acids is 1. The van der Waals surface area contributed by atoms with Gasteiger partial charge < -0.3 is 4.90 Å². The second-order valence-electron chi connectivity index (χ2n) is 5.46. The summed E-state index contributed by atoms with van der Waals surface area (Å²) in [6, 6.07) is 4.39. The minimum absolute atomic E-state index is 0.124. The molecule has 1 unspecified atom stereocenters. The summed E-state index contributed by atoms with van der Waals surface area (Å²) in [6.07, 6.45) is 1.01. The van der Waals surface area contributed by atoms with E-state index in [2.05, 4.69) is 21.5 Å². The van der Waals surface area contributed by atoms with Gasteiger partial charge in [-0.3, -0.25) is 5.32 Å². The first-order valence-electron chi connectivity index (χ1n) is 7.10. The highest BCUT2D eigenvalue weighted by molar-refractivity contribution is 7.10. The molecule has 1 aliphatic heterocycles. The number of likely N-dealkylation sites (tertiary alicyclic amines) is 1. The number of aryl methyl sites for hydroxylation is 1. The van der Waals surface area contributed by atoms with Gasteiger partial charge in [-0.05, 0) is 38.6 Å². The van der Waals surface area contributed by atoms with Gasteiger partial charge in [-0.1, -0.05) is 6.07 Å². The number of aromatic nitrogens is 3. The van der Waals surface area contributed by atoms with Crippen molar-refractivity contribution in [3.63, 3.8) is 0 Å². The highest BCUT2D eigenvalue weighted by Gasteiger charge is 2.34. The molecule has 0 saturated carbocycles. The lowest BCUT2D eigenvalue weighted by atomic mass is 10.0. The first-order chi connectivity index (χ1) is 10.1. The number of urea groups is 1. The van der Waals surface area contributed by atoms with Crippen LogP contribution in [0.15, 0.2) is 17.5 Å². The Morgan fingerprint density at radius 1 is 1.52 bits per heavy atom. The molecule has 2 amide bonds. The van der Waals surface area contributed by atoms with Gasteiger partial charge in [0.05, 0.1) is 6.04 Å². The van der Waals surface area contributed by atoms with E-state index in [4.69, 9.17) is 0 Å². The van der Waals surface area contributed by atoms with Crippen molar-refractivity contribution in [1.29, 1.82) is 0 Å². The summed E-state index contributed by atoms with van der Waals surface area (Å²) in [6.45, 7) is 6.74. The number of nitrogens with zero attached hydrogens (tertiary/aromatic N) is 4. The minimum atomic E-state index is -0.124. The molecule has 1 saturated heterocycles. The molecule has 1 fully saturated rings. The largest absolute Gasteiger partial charge is 0.324 e. The summed E-state index contributed by atoms with van der Waals surface area (Å²) in [7, 11) is 0. The molecule has 2 aromatic heterocycles. The van der Waals surface area contributed by atoms with Gasteiger partial charge in [0.2, 0.25) is 5.95 Å². The molecular formula is C14H19N5OS. The second-order valence-corrected chi connectivity index (χ2v) is 6.44. The molecule has 1 N–H and O–H groups in total. The monoisotopic (exact) mass is 305 g/mol. The number of hydrogen-bond donors (Lipinski definition) is 1. The Morgan fingerprint density at radius 3 is 2.86 bits per heavy atom. The molecule has 7 heteroatoms. The Balaban J connectivity index is 1.68. The third-order valence-electron chi connectivity index (χ3n) is 3.66. The summed E-state index contributed by atoms with van der Waals surface area (Å²) in [4.78, 5) is 19.7. The first-order valence-corrected chi connectivity index (χ1v) is 7.98. The summed E-state index contributed by atoms with van der Waals surface area (Å²) in [5, 5.41) is 9.17. The lowest BCUT2D eigenvalue weighted by molar-refractivity contribution is 0.128. The van der Waals surface area contributed by atoms with Gasteiger partial charge in [-0.25, -0.2) is 9.48 Å². The molecule has 0 spiro atoms. The zero-order valence-electron chi connectivity index (χ0n) is 12.4. The second kappa shape index (κ2) is 5.48. The molecule has 3 rings (SSSR count). The van der Waals surface area contributed by atoms with E-state index in [9.17, 15) is 4.79 Å². The number of rotatable bonds is 3. The fourth-order valence-corrected chi connectivity index (χ4v) is 3.39. The smallest absolute Gasteiger partial charge is 0.316 e. The van der Waals surface area contributed by atoms with Crippen LogP contribution in [0.1, 0.15) is 43.1 Å². The summed E-state index contributed by atoms with van der Waals surface area (Å²) in [5.74, 6) is 1.18. The topological polar surface area (TPSA) is 63.1 Å². The third kappa shape index (κ3) is 2.65. The minimum Gasteiger partial charge on any atom is -0.316 e. The van der Waals surface area contributed by atoms with E-state index in [1.165, 1.54) is 4.88 Å². The van der Waals surface area contributed by atoms with Crippen LogP contribution in [-0.2, 0) is 0 Å². The number of hydrogen-bond acceptors (Lipinski definition) is 4. The molecular weight excluding hydrogens is 286 g/mol. The first kappa shape index (κ1) is 14.1. The lowest BCUT2D eigenvalue weighted by Gasteiger charge is -2.39. The van der Waals surface area contributed by atoms with Crippen LogP contribution in [0, 0.1) is 6.92 Å². The van der Waals surface area contributed by atoms with Crippen LogP contribution in [0.2, 0.25) is 0 Å². The highest BCUT2D eigenvalue weighted by atomic mass is 32.1. The molecule has 1 aliphatic rings. The van der Waals surface area contributed by atoms with Gasteiger partial charge in [0.15, 0.2) is 0 Å². The maximum atomic E-state index is 12.3. The average molecular weight is 305 g/mol. The van der Waals surface area contributed by atoms with Gasteiger partial charge in [0.25, 0.3) is 0 Å². The van der Waals surface area contributed by atoms with Gasteiger partial charge in [-0.15, -0.1) is 16.4 Å². The number of thiophene rings is 1. The van der Waals surface area contributed by atoms with Crippen molar-refractivity contribution in [2.45, 2.75) is 39.3 Å². The molecule has 2 aromatic rings. The van der Waals surface area contributed by atoms with Crippen molar-refractivity contribution in [3.8, 4) is 0 Å². The Kier molecular flexibility index (Phi) is 3.67. The van der Waals surface area contributed by atoms with Crippen LogP contribution < -0.4 is 5.32 Å². The molecule has 0 radical (unpaired) electrons. The van der Waals surface area contributed by atoms with Crippen molar-refractivity contribution < 1.29 is 4.79 Å². The van der Waals surface area contributed by atoms with E-state index in [0.717, 1.165) is 18.8 Å². The fraction of sp³-hybridized carbons (Fsp3) is 0.500. The summed E-state index contributed by atoms with van der Waals surface area (Å²) >= 11 is 1.69. The van der Waals surface area contributed by atoms with Crippen molar-refractivity contribution in [2.24, 2.45) is 0 Å². The van der Waals surface area contributed by atoms with Crippen LogP contribution >= 0.6 is 11.3 Å². The van der Waals surface area contributed by atoms with Crippen molar-refractivity contribution in [2.75, 3.05) is 11.9 Å². The standard InChI is InChI=1S/C14H19N5OS/c1-9(2)19-10(3)15-13(17-19)16-14(20)18-7-6-11(18)12-5-4-8-21-12/h4-5,8-9,11H,6-7H2,1-3H3,(H,16,17,20). The normalized spacial score (nSPS) is 17.9. The average Bonchev–Trinajstić information content (AvgIpc) is 2.97. The van der Waals surface area contributed by atoms with Crippen LogP contribution in [0.4, 0.5) is 10.7 Å². The van der Waals surface area contributed by atoms with Crippen molar-refractivity contribution >= 4 is 23.3 Å². The predicted molar refractivity (Wildman–Crippen MR) is 82.5 cm³/mol. The maximum Gasteiger partial charge on any atom is 0.324 e. The summed E-state index contributed by atoms with van der Waals surface area (Å²) in [5.41, 5.74) is 0. The predicted octanol–water partition coefficient (Wildman–Crippen LogP) is 3.21. The molecule has 6 nitrogen and oxygen atoms in total. The van der Waals surface area contributed by atoms with Crippen LogP contribution in [0.5, 0.6) is 0 Å². The fourth-order valence-electron chi connectivity index (χ4n) is 2.52. The van der Waals surface area contributed by atoms with Crippen LogP contribution in [-0.4, -0.2) is 32.2 Å². The van der Waals surface area contributed by atoms with E-state index in [0.29, 0.717) is 5.95 Å². The molecule has 0 aromatic carbocycles. The third-order valence-corrected chi connectivity index (χ3v) is 4.64. The molecule has 0 aliphatic carbocycles. The van der Waals surface area contributed by atoms with Gasteiger partial charge in [-0.2, -0.15) is 4.98 Å². The number of carbonyl (C=O) groups is 1. The Hall–Kier alpha value is -1.89. The van der Waals surface area contributed by atoms with Crippen molar-refractivity contribution in [3.05, 3.63) is 28.2 Å². The number of amides is 2. The molecule has 112 valence electrons. The molecule has 21 heavy (non-hydrogen) atoms. The Labute approximate surface area is 127 Å². The summed E-state index contributed by atoms with van der Waals surface area (Å²) < 4.78 is 1.81. The Morgan fingerprint density at radius 2 is 2.33 bits per heavy atom. The molecule has 0 bridgehead atoms. The van der Waals surface area contributed by atoms with Gasteiger partial charge in [0.1, 0.15) is 5.82 Å². The lowest BCUT2D eigenvalue weighted by Crippen LogP contribution is -2.47. The highest BCUT2D eigenvalue weighted by Crippen LogP contribution is 2.35. The number of nitrogens with one attached hydrogen (secondary N) is 1. The SMILES string of the molecule is Cc1nc(NC(=O)N2CCC2c2cccs2)nn1C(C)C. The number of anilines is 1. The van der Waals surface area contributed by atoms with E-state index < -0.39 is 0 Å². The quantitative estimate of drug-likeness (QED) is 0.947. The Bertz CT molecular complexity index is 634. The molecule has 3 heterocycles. The van der Waals surface area contributed by atoms with E-state index in [1.54, 1.807) is 11.3 Å². The van der Waals surface area contributed by atoms with Gasteiger partial charge >= 0.3 is 6.03 Å². The van der Waals surface area contributed by atoms with E-state index in [1.807, 2.05) is 41.8 Å².